The number of alkyl halides is 3. The fraction of sp³-hybridized carbons (Fsp3) is 0.348. The monoisotopic (exact) mass is 490 g/mol. The van der Waals surface area contributed by atoms with Crippen LogP contribution in [0.25, 0.3) is 11.1 Å². The normalized spacial score (nSPS) is 19.8. The van der Waals surface area contributed by atoms with Crippen LogP contribution in [0.3, 0.4) is 0 Å². The molecule has 4 atom stereocenters. The van der Waals surface area contributed by atoms with E-state index in [1.54, 1.807) is 19.9 Å². The molecule has 1 aliphatic heterocycles. The predicted molar refractivity (Wildman–Crippen MR) is 117 cm³/mol. The summed E-state index contributed by atoms with van der Waals surface area (Å²) < 4.78 is 52.6. The van der Waals surface area contributed by atoms with Crippen LogP contribution >= 0.6 is 0 Å². The van der Waals surface area contributed by atoms with Crippen molar-refractivity contribution in [3.05, 3.63) is 65.8 Å². The van der Waals surface area contributed by atoms with Gasteiger partial charge in [0, 0.05) is 36.6 Å². The van der Waals surface area contributed by atoms with Crippen molar-refractivity contribution < 1.29 is 27.5 Å². The average Bonchev–Trinajstić information content (AvgIpc) is 3.20. The lowest BCUT2D eigenvalue weighted by Crippen LogP contribution is -2.25. The highest BCUT2D eigenvalue weighted by Crippen LogP contribution is 2.34. The minimum atomic E-state index is -4.82. The molecule has 3 N–H and O–H groups in total. The van der Waals surface area contributed by atoms with Crippen LogP contribution in [0.15, 0.2) is 42.9 Å². The molecule has 8 nitrogen and oxygen atoms in total. The number of nitrogens with one attached hydrogen (secondary N) is 2. The number of aliphatic hydroxyl groups excluding tert-OH is 1. The maximum absolute atomic E-state index is 13.6. The quantitative estimate of drug-likeness (QED) is 0.454. The van der Waals surface area contributed by atoms with Gasteiger partial charge in [0.1, 0.15) is 11.6 Å². The molecule has 0 saturated carbocycles. The molecule has 3 heterocycles. The van der Waals surface area contributed by atoms with E-state index in [0.717, 1.165) is 6.07 Å². The fourth-order valence-electron chi connectivity index (χ4n) is 3.95. The predicted octanol–water partition coefficient (Wildman–Crippen LogP) is 3.48. The van der Waals surface area contributed by atoms with Gasteiger partial charge in [-0.1, -0.05) is 6.07 Å². The summed E-state index contributed by atoms with van der Waals surface area (Å²) in [5, 5.41) is 15.8. The molecule has 0 aliphatic carbocycles. The van der Waals surface area contributed by atoms with Crippen LogP contribution in [0.1, 0.15) is 42.9 Å². The lowest BCUT2D eigenvalue weighted by atomic mass is 9.88. The third kappa shape index (κ3) is 5.21. The number of hydrogen-bond acceptors (Lipinski definition) is 7. The third-order valence-corrected chi connectivity index (χ3v) is 5.85. The molecule has 4 rings (SSSR count). The van der Waals surface area contributed by atoms with E-state index < -0.39 is 35.6 Å². The van der Waals surface area contributed by atoms with Gasteiger partial charge in [0.2, 0.25) is 11.9 Å². The maximum atomic E-state index is 13.6. The summed E-state index contributed by atoms with van der Waals surface area (Å²) in [6, 6.07) is 3.83. The van der Waals surface area contributed by atoms with Gasteiger partial charge in [-0.25, -0.2) is 24.3 Å². The van der Waals surface area contributed by atoms with Crippen LogP contribution in [0.2, 0.25) is 0 Å². The van der Waals surface area contributed by atoms with Crippen LogP contribution < -0.4 is 10.6 Å². The Balaban J connectivity index is 1.50. The number of aromatic nitrogens is 4. The van der Waals surface area contributed by atoms with Crippen molar-refractivity contribution in [1.82, 2.24) is 25.3 Å². The van der Waals surface area contributed by atoms with Gasteiger partial charge >= 0.3 is 6.18 Å². The largest absolute Gasteiger partial charge is 0.419 e. The molecule has 1 fully saturated rings. The van der Waals surface area contributed by atoms with E-state index in [4.69, 9.17) is 0 Å². The van der Waals surface area contributed by atoms with Crippen molar-refractivity contribution in [2.75, 3.05) is 11.9 Å². The second-order valence-corrected chi connectivity index (χ2v) is 8.32. The smallest absolute Gasteiger partial charge is 0.393 e. The van der Waals surface area contributed by atoms with Gasteiger partial charge in [-0.2, -0.15) is 13.2 Å². The molecule has 1 aliphatic rings. The Morgan fingerprint density at radius 2 is 1.83 bits per heavy atom. The Hall–Kier alpha value is -3.67. The van der Waals surface area contributed by atoms with E-state index in [1.807, 2.05) is 0 Å². The van der Waals surface area contributed by atoms with Gasteiger partial charge in [0.05, 0.1) is 29.3 Å². The Morgan fingerprint density at radius 3 is 2.49 bits per heavy atom. The van der Waals surface area contributed by atoms with E-state index >= 15 is 0 Å². The summed E-state index contributed by atoms with van der Waals surface area (Å²) in [6.07, 6.45) is -1.33. The SMILES string of the molecule is C[C@H](Nc1nccc([C@@H]2C(=O)NCC2[C@@H](C)O)n1)c1ncc(-c2ccc(F)c(C(F)(F)F)c2)cn1. The van der Waals surface area contributed by atoms with Crippen molar-refractivity contribution >= 4 is 11.9 Å². The topological polar surface area (TPSA) is 113 Å². The third-order valence-electron chi connectivity index (χ3n) is 5.85. The molecule has 2 aromatic heterocycles. The lowest BCUT2D eigenvalue weighted by molar-refractivity contribution is -0.140. The van der Waals surface area contributed by atoms with Crippen LogP contribution in [0.4, 0.5) is 23.5 Å². The number of benzene rings is 1. The number of nitrogens with zero attached hydrogens (tertiary/aromatic N) is 4. The molecule has 184 valence electrons. The summed E-state index contributed by atoms with van der Waals surface area (Å²) in [5.74, 6) is -1.96. The summed E-state index contributed by atoms with van der Waals surface area (Å²) in [5.41, 5.74) is -0.478. The minimum absolute atomic E-state index is 0.129. The molecule has 35 heavy (non-hydrogen) atoms. The summed E-state index contributed by atoms with van der Waals surface area (Å²) >= 11 is 0. The van der Waals surface area contributed by atoms with Crippen molar-refractivity contribution in [3.8, 4) is 11.1 Å². The van der Waals surface area contributed by atoms with Gasteiger partial charge in [0.15, 0.2) is 0 Å². The van der Waals surface area contributed by atoms with Gasteiger partial charge in [-0.05, 0) is 37.6 Å². The van der Waals surface area contributed by atoms with Gasteiger partial charge in [-0.3, -0.25) is 4.79 Å². The minimum Gasteiger partial charge on any atom is -0.393 e. The molecule has 1 aromatic carbocycles. The summed E-state index contributed by atoms with van der Waals surface area (Å²) in [7, 11) is 0. The van der Waals surface area contributed by atoms with E-state index in [-0.39, 0.29) is 23.3 Å². The van der Waals surface area contributed by atoms with Crippen molar-refractivity contribution in [2.45, 2.75) is 38.1 Å². The first-order valence-corrected chi connectivity index (χ1v) is 10.8. The van der Waals surface area contributed by atoms with Crippen LogP contribution in [0, 0.1) is 11.7 Å². The van der Waals surface area contributed by atoms with E-state index in [0.29, 0.717) is 29.7 Å². The lowest BCUT2D eigenvalue weighted by Gasteiger charge is -2.19. The molecule has 0 radical (unpaired) electrons. The van der Waals surface area contributed by atoms with E-state index in [2.05, 4.69) is 30.6 Å². The van der Waals surface area contributed by atoms with Crippen molar-refractivity contribution in [3.63, 3.8) is 0 Å². The molecule has 3 aromatic rings. The number of anilines is 1. The Labute approximate surface area is 197 Å². The molecule has 0 spiro atoms. The number of hydrogen-bond donors (Lipinski definition) is 3. The first kappa shape index (κ1) is 24.5. The summed E-state index contributed by atoms with van der Waals surface area (Å²) in [6.45, 7) is 3.71. The second-order valence-electron chi connectivity index (χ2n) is 8.32. The number of rotatable bonds is 6. The Bertz CT molecular complexity index is 1220. The molecule has 1 amide bonds. The Kier molecular flexibility index (Phi) is 6.66. The fourth-order valence-corrected chi connectivity index (χ4v) is 3.95. The number of carbonyl (C=O) groups excluding carboxylic acids is 1. The molecule has 12 heteroatoms. The van der Waals surface area contributed by atoms with E-state index in [1.165, 1.54) is 24.7 Å². The first-order valence-electron chi connectivity index (χ1n) is 10.8. The highest BCUT2D eigenvalue weighted by molar-refractivity contribution is 5.85. The summed E-state index contributed by atoms with van der Waals surface area (Å²) in [4.78, 5) is 29.3. The number of aliphatic hydroxyl groups is 1. The number of amides is 1. The van der Waals surface area contributed by atoms with Gasteiger partial charge < -0.3 is 15.7 Å². The highest BCUT2D eigenvalue weighted by Gasteiger charge is 2.39. The zero-order chi connectivity index (χ0) is 25.3. The molecular formula is C23H22F4N6O2. The molecule has 1 saturated heterocycles. The molecular weight excluding hydrogens is 468 g/mol. The van der Waals surface area contributed by atoms with Crippen LogP contribution in [-0.4, -0.2) is 43.6 Å². The van der Waals surface area contributed by atoms with Crippen molar-refractivity contribution in [1.29, 1.82) is 0 Å². The van der Waals surface area contributed by atoms with Crippen LogP contribution in [0.5, 0.6) is 0 Å². The first-order chi connectivity index (χ1) is 16.5. The van der Waals surface area contributed by atoms with Gasteiger partial charge in [-0.15, -0.1) is 0 Å². The maximum Gasteiger partial charge on any atom is 0.419 e. The van der Waals surface area contributed by atoms with Crippen LogP contribution in [-0.2, 0) is 11.0 Å². The van der Waals surface area contributed by atoms with E-state index in [9.17, 15) is 27.5 Å². The zero-order valence-electron chi connectivity index (χ0n) is 18.7. The molecule has 1 unspecified atom stereocenters. The highest BCUT2D eigenvalue weighted by atomic mass is 19.4. The Morgan fingerprint density at radius 1 is 1.11 bits per heavy atom. The zero-order valence-corrected chi connectivity index (χ0v) is 18.7. The average molecular weight is 490 g/mol. The molecule has 0 bridgehead atoms. The number of halogens is 4. The standard InChI is InChI=1S/C23H22F4N6O2/c1-11(32-22-28-6-5-18(33-22)19-15(12(2)34)10-31-21(19)35)20-29-8-14(9-30-20)13-3-4-17(24)16(7-13)23(25,26)27/h3-9,11-12,15,19,34H,10H2,1-2H3,(H,31,35)(H,28,32,33)/t11-,12+,15?,19+/m0/s1. The van der Waals surface area contributed by atoms with Gasteiger partial charge in [0.25, 0.3) is 0 Å². The second kappa shape index (κ2) is 9.53. The van der Waals surface area contributed by atoms with Crippen molar-refractivity contribution in [2.24, 2.45) is 5.92 Å². The number of carbonyl (C=O) groups is 1.